The average molecular weight is 248 g/mol. The summed E-state index contributed by atoms with van der Waals surface area (Å²) in [5.41, 5.74) is 3.66. The van der Waals surface area contributed by atoms with Gasteiger partial charge in [-0.1, -0.05) is 17.7 Å². The lowest BCUT2D eigenvalue weighted by molar-refractivity contribution is -0.139. The van der Waals surface area contributed by atoms with E-state index in [1.54, 1.807) is 0 Å². The number of carboxylic acids is 1. The minimum absolute atomic E-state index is 0.202. The summed E-state index contributed by atoms with van der Waals surface area (Å²) in [6.45, 7) is 5.40. The number of aryl methyl sites for hydroxylation is 2. The molecule has 0 saturated carbocycles. The van der Waals surface area contributed by atoms with Crippen molar-refractivity contribution in [3.8, 4) is 0 Å². The average Bonchev–Trinajstić information content (AvgIpc) is 2.57. The molecule has 5 nitrogen and oxygen atoms in total. The Balaban J connectivity index is 2.36. The minimum atomic E-state index is -0.972. The van der Waals surface area contributed by atoms with Crippen LogP contribution >= 0.6 is 0 Å². The van der Waals surface area contributed by atoms with E-state index in [0.29, 0.717) is 0 Å². The van der Waals surface area contributed by atoms with Gasteiger partial charge in [-0.05, 0) is 26.3 Å². The third kappa shape index (κ3) is 2.09. The molecule has 0 aromatic heterocycles. The van der Waals surface area contributed by atoms with Gasteiger partial charge in [0.25, 0.3) is 0 Å². The molecule has 0 fully saturated rings. The molecule has 0 bridgehead atoms. The maximum absolute atomic E-state index is 11.9. The fraction of sp³-hybridized carbons (Fsp3) is 0.385. The van der Waals surface area contributed by atoms with Crippen molar-refractivity contribution >= 4 is 17.6 Å². The van der Waals surface area contributed by atoms with E-state index in [-0.39, 0.29) is 5.91 Å². The molecular weight excluding hydrogens is 232 g/mol. The highest BCUT2D eigenvalue weighted by atomic mass is 16.4. The molecule has 1 amide bonds. The van der Waals surface area contributed by atoms with E-state index < -0.39 is 18.1 Å². The van der Waals surface area contributed by atoms with Crippen LogP contribution in [0.2, 0.25) is 0 Å². The van der Waals surface area contributed by atoms with Crippen molar-refractivity contribution < 1.29 is 14.7 Å². The van der Waals surface area contributed by atoms with Crippen LogP contribution in [-0.4, -0.2) is 23.0 Å². The van der Waals surface area contributed by atoms with Gasteiger partial charge in [0.1, 0.15) is 12.1 Å². The lowest BCUT2D eigenvalue weighted by Gasteiger charge is -2.15. The normalized spacial score (nSPS) is 19.3. The molecule has 1 aromatic rings. The van der Waals surface area contributed by atoms with Crippen molar-refractivity contribution in [3.05, 3.63) is 28.8 Å². The van der Waals surface area contributed by atoms with Crippen LogP contribution in [0.5, 0.6) is 0 Å². The Morgan fingerprint density at radius 2 is 2.11 bits per heavy atom. The first-order valence-electron chi connectivity index (χ1n) is 5.81. The van der Waals surface area contributed by atoms with Crippen molar-refractivity contribution in [1.29, 1.82) is 0 Å². The third-order valence-electron chi connectivity index (χ3n) is 3.12. The number of rotatable bonds is 3. The number of amides is 1. The molecule has 18 heavy (non-hydrogen) atoms. The van der Waals surface area contributed by atoms with Crippen molar-refractivity contribution in [1.82, 2.24) is 5.32 Å². The Hall–Kier alpha value is -1.88. The molecule has 0 radical (unpaired) electrons. The van der Waals surface area contributed by atoms with E-state index in [4.69, 9.17) is 5.11 Å². The summed E-state index contributed by atoms with van der Waals surface area (Å²) in [5.74, 6) is -1.17. The predicted molar refractivity (Wildman–Crippen MR) is 67.5 cm³/mol. The zero-order valence-corrected chi connectivity index (χ0v) is 10.6. The molecule has 1 aliphatic rings. The highest BCUT2D eigenvalue weighted by Crippen LogP contribution is 2.34. The maximum Gasteiger partial charge on any atom is 0.320 e. The predicted octanol–water partition coefficient (Wildman–Crippen LogP) is 1.36. The first-order chi connectivity index (χ1) is 8.40. The van der Waals surface area contributed by atoms with Gasteiger partial charge in [-0.3, -0.25) is 14.9 Å². The van der Waals surface area contributed by atoms with Gasteiger partial charge in [0.15, 0.2) is 0 Å². The summed E-state index contributed by atoms with van der Waals surface area (Å²) in [5, 5.41) is 14.5. The van der Waals surface area contributed by atoms with E-state index >= 15 is 0 Å². The van der Waals surface area contributed by atoms with Crippen LogP contribution in [-0.2, 0) is 9.59 Å². The fourth-order valence-electron chi connectivity index (χ4n) is 2.22. The number of benzene rings is 1. The van der Waals surface area contributed by atoms with Gasteiger partial charge in [0.05, 0.1) is 0 Å². The standard InChI is InChI=1S/C13H16N2O3/c1-6-4-7(2)10-9(5-6)11(12(16)15-10)14-8(3)13(17)18/h4-5,8,11,14H,1-3H3,(H,15,16)(H,17,18). The quantitative estimate of drug-likeness (QED) is 0.754. The molecule has 5 heteroatoms. The summed E-state index contributed by atoms with van der Waals surface area (Å²) >= 11 is 0. The van der Waals surface area contributed by atoms with Crippen molar-refractivity contribution in [2.45, 2.75) is 32.9 Å². The third-order valence-corrected chi connectivity index (χ3v) is 3.12. The van der Waals surface area contributed by atoms with Crippen LogP contribution in [0.25, 0.3) is 0 Å². The van der Waals surface area contributed by atoms with Gasteiger partial charge >= 0.3 is 5.97 Å². The molecule has 2 unspecified atom stereocenters. The van der Waals surface area contributed by atoms with E-state index in [1.165, 1.54) is 6.92 Å². The lowest BCUT2D eigenvalue weighted by Crippen LogP contribution is -2.39. The minimum Gasteiger partial charge on any atom is -0.480 e. The topological polar surface area (TPSA) is 78.4 Å². The van der Waals surface area contributed by atoms with Gasteiger partial charge in [-0.15, -0.1) is 0 Å². The van der Waals surface area contributed by atoms with Gasteiger partial charge in [-0.2, -0.15) is 0 Å². The number of anilines is 1. The zero-order valence-electron chi connectivity index (χ0n) is 10.6. The molecular formula is C13H16N2O3. The van der Waals surface area contributed by atoms with Crippen molar-refractivity contribution in [2.24, 2.45) is 0 Å². The van der Waals surface area contributed by atoms with E-state index in [0.717, 1.165) is 22.4 Å². The van der Waals surface area contributed by atoms with Crippen molar-refractivity contribution in [3.63, 3.8) is 0 Å². The van der Waals surface area contributed by atoms with Gasteiger partial charge < -0.3 is 10.4 Å². The Labute approximate surface area is 105 Å². The molecule has 1 heterocycles. The number of fused-ring (bicyclic) bond motifs is 1. The first-order valence-corrected chi connectivity index (χ1v) is 5.81. The summed E-state index contributed by atoms with van der Waals surface area (Å²) in [7, 11) is 0. The first kappa shape index (κ1) is 12.6. The molecule has 0 aliphatic carbocycles. The molecule has 1 aliphatic heterocycles. The van der Waals surface area contributed by atoms with Crippen LogP contribution in [0, 0.1) is 13.8 Å². The second-order valence-corrected chi connectivity index (χ2v) is 4.69. The van der Waals surface area contributed by atoms with Gasteiger partial charge in [0.2, 0.25) is 5.91 Å². The van der Waals surface area contributed by atoms with Crippen LogP contribution in [0.4, 0.5) is 5.69 Å². The Kier molecular flexibility index (Phi) is 3.09. The second-order valence-electron chi connectivity index (χ2n) is 4.69. The molecule has 0 spiro atoms. The summed E-state index contributed by atoms with van der Waals surface area (Å²) in [4.78, 5) is 22.7. The second kappa shape index (κ2) is 4.42. The Bertz CT molecular complexity index is 525. The molecule has 2 atom stereocenters. The SMILES string of the molecule is Cc1cc(C)c2c(c1)C(NC(C)C(=O)O)C(=O)N2. The smallest absolute Gasteiger partial charge is 0.320 e. The number of carboxylic acid groups (broad SMARTS) is 1. The summed E-state index contributed by atoms with van der Waals surface area (Å²) in [6.07, 6.45) is 0. The molecule has 96 valence electrons. The number of aliphatic carboxylic acids is 1. The summed E-state index contributed by atoms with van der Waals surface area (Å²) < 4.78 is 0. The number of nitrogens with one attached hydrogen (secondary N) is 2. The Morgan fingerprint density at radius 1 is 1.44 bits per heavy atom. The lowest BCUT2D eigenvalue weighted by atomic mass is 10.0. The van der Waals surface area contributed by atoms with E-state index in [2.05, 4.69) is 10.6 Å². The zero-order chi connectivity index (χ0) is 13.4. The van der Waals surface area contributed by atoms with Crippen molar-refractivity contribution in [2.75, 3.05) is 5.32 Å². The monoisotopic (exact) mass is 248 g/mol. The Morgan fingerprint density at radius 3 is 2.72 bits per heavy atom. The van der Waals surface area contributed by atoms with Crippen LogP contribution in [0.1, 0.15) is 29.7 Å². The molecule has 2 rings (SSSR count). The van der Waals surface area contributed by atoms with Crippen LogP contribution in [0.15, 0.2) is 12.1 Å². The number of carbonyl (C=O) groups is 2. The fourth-order valence-corrected chi connectivity index (χ4v) is 2.22. The van der Waals surface area contributed by atoms with Crippen LogP contribution < -0.4 is 10.6 Å². The van der Waals surface area contributed by atoms with E-state index in [9.17, 15) is 9.59 Å². The number of carbonyl (C=O) groups excluding carboxylic acids is 1. The number of hydrogen-bond acceptors (Lipinski definition) is 3. The largest absolute Gasteiger partial charge is 0.480 e. The molecule has 0 saturated heterocycles. The molecule has 3 N–H and O–H groups in total. The maximum atomic E-state index is 11.9. The van der Waals surface area contributed by atoms with Crippen LogP contribution in [0.3, 0.4) is 0 Å². The highest BCUT2D eigenvalue weighted by Gasteiger charge is 2.33. The number of hydrogen-bond donors (Lipinski definition) is 3. The van der Waals surface area contributed by atoms with E-state index in [1.807, 2.05) is 26.0 Å². The highest BCUT2D eigenvalue weighted by molar-refractivity contribution is 6.03. The summed E-state index contributed by atoms with van der Waals surface area (Å²) in [6, 6.07) is 2.53. The van der Waals surface area contributed by atoms with Gasteiger partial charge in [-0.25, -0.2) is 0 Å². The van der Waals surface area contributed by atoms with Gasteiger partial charge in [0, 0.05) is 11.3 Å². The molecule has 1 aromatic carbocycles.